The molecule has 22 heavy (non-hydrogen) atoms. The molecule has 0 bridgehead atoms. The van der Waals surface area contributed by atoms with Crippen LogP contribution in [0.1, 0.15) is 17.5 Å². The molecule has 1 saturated heterocycles. The smallest absolute Gasteiger partial charge is 0.0991 e. The second-order valence-electron chi connectivity index (χ2n) is 5.88. The van der Waals surface area contributed by atoms with Crippen molar-refractivity contribution in [1.82, 2.24) is 5.32 Å². The van der Waals surface area contributed by atoms with Gasteiger partial charge in [0.25, 0.3) is 0 Å². The van der Waals surface area contributed by atoms with E-state index in [-0.39, 0.29) is 0 Å². The Bertz CT molecular complexity index is 628. The van der Waals surface area contributed by atoms with Crippen molar-refractivity contribution in [1.29, 1.82) is 5.26 Å². The van der Waals surface area contributed by atoms with E-state index in [1.54, 1.807) is 0 Å². The van der Waals surface area contributed by atoms with E-state index >= 15 is 0 Å². The summed E-state index contributed by atoms with van der Waals surface area (Å²) in [6.45, 7) is 4.19. The van der Waals surface area contributed by atoms with Crippen molar-refractivity contribution in [2.75, 3.05) is 24.5 Å². The van der Waals surface area contributed by atoms with E-state index in [1.807, 2.05) is 24.3 Å². The van der Waals surface area contributed by atoms with Gasteiger partial charge in [-0.15, -0.1) is 0 Å². The second-order valence-corrected chi connectivity index (χ2v) is 5.88. The molecule has 0 saturated carbocycles. The number of nitrogens with one attached hydrogen (secondary N) is 1. The number of para-hydroxylation sites is 1. The monoisotopic (exact) mass is 291 g/mol. The Morgan fingerprint density at radius 3 is 2.59 bits per heavy atom. The van der Waals surface area contributed by atoms with Crippen LogP contribution in [0.2, 0.25) is 0 Å². The zero-order valence-electron chi connectivity index (χ0n) is 12.7. The number of nitrogens with zero attached hydrogens (tertiary/aromatic N) is 2. The van der Waals surface area contributed by atoms with Gasteiger partial charge in [-0.2, -0.15) is 5.26 Å². The van der Waals surface area contributed by atoms with Crippen LogP contribution in [-0.2, 0) is 6.54 Å². The van der Waals surface area contributed by atoms with Crippen LogP contribution in [0.15, 0.2) is 54.6 Å². The second kappa shape index (κ2) is 7.11. The van der Waals surface area contributed by atoms with Crippen LogP contribution < -0.4 is 10.2 Å². The molecule has 3 nitrogen and oxygen atoms in total. The molecule has 1 N–H and O–H groups in total. The lowest BCUT2D eigenvalue weighted by Gasteiger charge is -2.18. The fourth-order valence-electron chi connectivity index (χ4n) is 2.99. The van der Waals surface area contributed by atoms with Crippen molar-refractivity contribution >= 4 is 5.69 Å². The van der Waals surface area contributed by atoms with Crippen LogP contribution in [0.25, 0.3) is 0 Å². The minimum Gasteiger partial charge on any atom is -0.371 e. The highest BCUT2D eigenvalue weighted by Crippen LogP contribution is 2.22. The molecule has 0 aliphatic carbocycles. The quantitative estimate of drug-likeness (QED) is 0.919. The Morgan fingerprint density at radius 2 is 1.86 bits per heavy atom. The standard InChI is InChI=1S/C19H21N3/c20-12-16-6-8-17(9-7-16)13-21-14-18-10-11-22(15-18)19-4-2-1-3-5-19/h1-9,18,21H,10-11,13-15H2/t18-/m0/s1. The van der Waals surface area contributed by atoms with Gasteiger partial charge in [0.15, 0.2) is 0 Å². The first-order chi connectivity index (χ1) is 10.8. The van der Waals surface area contributed by atoms with Crippen molar-refractivity contribution in [3.63, 3.8) is 0 Å². The van der Waals surface area contributed by atoms with Gasteiger partial charge in [0, 0.05) is 31.9 Å². The van der Waals surface area contributed by atoms with Crippen LogP contribution in [-0.4, -0.2) is 19.6 Å². The highest BCUT2D eigenvalue weighted by Gasteiger charge is 2.21. The molecule has 0 amide bonds. The summed E-state index contributed by atoms with van der Waals surface area (Å²) in [5.41, 5.74) is 3.28. The minimum atomic E-state index is 0.707. The summed E-state index contributed by atoms with van der Waals surface area (Å²) >= 11 is 0. The maximum absolute atomic E-state index is 8.80. The fourth-order valence-corrected chi connectivity index (χ4v) is 2.99. The molecule has 0 unspecified atom stereocenters. The zero-order valence-corrected chi connectivity index (χ0v) is 12.7. The average Bonchev–Trinajstić information content (AvgIpc) is 3.05. The molecule has 0 radical (unpaired) electrons. The first-order valence-electron chi connectivity index (χ1n) is 7.85. The number of nitriles is 1. The molecular formula is C19H21N3. The molecule has 3 heteroatoms. The van der Waals surface area contributed by atoms with Crippen molar-refractivity contribution in [2.24, 2.45) is 5.92 Å². The van der Waals surface area contributed by atoms with E-state index in [0.29, 0.717) is 5.92 Å². The minimum absolute atomic E-state index is 0.707. The van der Waals surface area contributed by atoms with Gasteiger partial charge in [-0.1, -0.05) is 30.3 Å². The lowest BCUT2D eigenvalue weighted by atomic mass is 10.1. The van der Waals surface area contributed by atoms with Crippen molar-refractivity contribution in [3.05, 3.63) is 65.7 Å². The van der Waals surface area contributed by atoms with Gasteiger partial charge in [0.05, 0.1) is 11.6 Å². The number of rotatable bonds is 5. The summed E-state index contributed by atoms with van der Waals surface area (Å²) in [6, 6.07) is 20.6. The Hall–Kier alpha value is -2.31. The summed E-state index contributed by atoms with van der Waals surface area (Å²) in [4.78, 5) is 2.47. The highest BCUT2D eigenvalue weighted by atomic mass is 15.2. The van der Waals surface area contributed by atoms with Gasteiger partial charge in [0.2, 0.25) is 0 Å². The van der Waals surface area contributed by atoms with Crippen LogP contribution in [0.4, 0.5) is 5.69 Å². The van der Waals surface area contributed by atoms with E-state index in [2.05, 4.69) is 46.6 Å². The molecule has 0 aromatic heterocycles. The highest BCUT2D eigenvalue weighted by molar-refractivity contribution is 5.46. The summed E-state index contributed by atoms with van der Waals surface area (Å²) in [6.07, 6.45) is 1.25. The maximum atomic E-state index is 8.80. The predicted octanol–water partition coefficient (Wildman–Crippen LogP) is 3.17. The van der Waals surface area contributed by atoms with Crippen LogP contribution in [0.5, 0.6) is 0 Å². The SMILES string of the molecule is N#Cc1ccc(CNC[C@@H]2CCN(c3ccccc3)C2)cc1. The molecule has 1 aliphatic rings. The number of benzene rings is 2. The Kier molecular flexibility index (Phi) is 4.72. The third-order valence-corrected chi connectivity index (χ3v) is 4.25. The van der Waals surface area contributed by atoms with E-state index < -0.39 is 0 Å². The lowest BCUT2D eigenvalue weighted by molar-refractivity contribution is 0.516. The van der Waals surface area contributed by atoms with Crippen molar-refractivity contribution < 1.29 is 0 Å². The van der Waals surface area contributed by atoms with Gasteiger partial charge in [-0.25, -0.2) is 0 Å². The third-order valence-electron chi connectivity index (χ3n) is 4.25. The number of anilines is 1. The summed E-state index contributed by atoms with van der Waals surface area (Å²) in [5, 5.41) is 12.3. The first-order valence-corrected chi connectivity index (χ1v) is 7.85. The maximum Gasteiger partial charge on any atom is 0.0991 e. The Balaban J connectivity index is 1.44. The van der Waals surface area contributed by atoms with Crippen LogP contribution in [0, 0.1) is 17.2 Å². The molecule has 2 aromatic rings. The molecule has 1 atom stereocenters. The number of hydrogen-bond donors (Lipinski definition) is 1. The van der Waals surface area contributed by atoms with Crippen LogP contribution in [0.3, 0.4) is 0 Å². The molecule has 0 spiro atoms. The van der Waals surface area contributed by atoms with Crippen molar-refractivity contribution in [2.45, 2.75) is 13.0 Å². The van der Waals surface area contributed by atoms with E-state index in [0.717, 1.165) is 31.7 Å². The summed E-state index contributed by atoms with van der Waals surface area (Å²) in [5.74, 6) is 0.707. The van der Waals surface area contributed by atoms with E-state index in [4.69, 9.17) is 5.26 Å². The Morgan fingerprint density at radius 1 is 1.09 bits per heavy atom. The Labute approximate surface area is 132 Å². The summed E-state index contributed by atoms with van der Waals surface area (Å²) < 4.78 is 0. The molecule has 1 heterocycles. The largest absolute Gasteiger partial charge is 0.371 e. The summed E-state index contributed by atoms with van der Waals surface area (Å²) in [7, 11) is 0. The van der Waals surface area contributed by atoms with Gasteiger partial charge in [-0.05, 0) is 42.2 Å². The molecule has 1 aliphatic heterocycles. The molecule has 112 valence electrons. The fraction of sp³-hybridized carbons (Fsp3) is 0.316. The molecule has 1 fully saturated rings. The van der Waals surface area contributed by atoms with Gasteiger partial charge < -0.3 is 10.2 Å². The molecular weight excluding hydrogens is 270 g/mol. The average molecular weight is 291 g/mol. The zero-order chi connectivity index (χ0) is 15.2. The predicted molar refractivity (Wildman–Crippen MR) is 89.6 cm³/mol. The van der Waals surface area contributed by atoms with E-state index in [9.17, 15) is 0 Å². The van der Waals surface area contributed by atoms with Crippen molar-refractivity contribution in [3.8, 4) is 6.07 Å². The van der Waals surface area contributed by atoms with Gasteiger partial charge in [0.1, 0.15) is 0 Å². The molecule has 2 aromatic carbocycles. The van der Waals surface area contributed by atoms with E-state index in [1.165, 1.54) is 17.7 Å². The third kappa shape index (κ3) is 3.66. The molecule has 3 rings (SSSR count). The first kappa shape index (κ1) is 14.6. The van der Waals surface area contributed by atoms with Gasteiger partial charge in [-0.3, -0.25) is 0 Å². The normalized spacial score (nSPS) is 17.4. The van der Waals surface area contributed by atoms with Crippen LogP contribution >= 0.6 is 0 Å². The topological polar surface area (TPSA) is 39.1 Å². The van der Waals surface area contributed by atoms with Gasteiger partial charge >= 0.3 is 0 Å². The lowest BCUT2D eigenvalue weighted by Crippen LogP contribution is -2.26. The number of hydrogen-bond acceptors (Lipinski definition) is 3.